The average Bonchev–Trinajstić information content (AvgIpc) is 3.03. The Balaban J connectivity index is 1.35. The van der Waals surface area contributed by atoms with Gasteiger partial charge in [0, 0.05) is 36.1 Å². The molecule has 0 saturated carbocycles. The molecule has 240 valence electrons. The Morgan fingerprint density at radius 2 is 1.78 bits per heavy atom. The van der Waals surface area contributed by atoms with E-state index in [4.69, 9.17) is 35.1 Å². The first-order chi connectivity index (χ1) is 22.1. The van der Waals surface area contributed by atoms with E-state index in [1.165, 1.54) is 6.20 Å². The van der Waals surface area contributed by atoms with Gasteiger partial charge in [0.1, 0.15) is 44.0 Å². The number of halogens is 1. The number of benzene rings is 3. The second-order valence-corrected chi connectivity index (χ2v) is 13.0. The number of pyridine rings is 1. The van der Waals surface area contributed by atoms with Gasteiger partial charge in [0.25, 0.3) is 10.1 Å². The van der Waals surface area contributed by atoms with Gasteiger partial charge in [-0.2, -0.15) is 13.7 Å². The van der Waals surface area contributed by atoms with Crippen LogP contribution in [0.15, 0.2) is 67.0 Å². The van der Waals surface area contributed by atoms with Crippen molar-refractivity contribution in [2.45, 2.75) is 33.1 Å². The van der Waals surface area contributed by atoms with Crippen molar-refractivity contribution in [3.05, 3.63) is 99.8 Å². The van der Waals surface area contributed by atoms with Crippen molar-refractivity contribution in [3.8, 4) is 40.2 Å². The average molecular weight is 664 g/mol. The van der Waals surface area contributed by atoms with Gasteiger partial charge in [-0.05, 0) is 73.5 Å². The molecule has 10 nitrogen and oxygen atoms in total. The molecule has 0 bridgehead atoms. The number of nitriles is 1. The minimum Gasteiger partial charge on any atom is -0.488 e. The summed E-state index contributed by atoms with van der Waals surface area (Å²) in [6.45, 7) is 4.32. The van der Waals surface area contributed by atoms with Crippen LogP contribution in [0, 0.1) is 18.3 Å². The molecule has 3 aromatic carbocycles. The Hall–Kier alpha value is -4.34. The summed E-state index contributed by atoms with van der Waals surface area (Å²) in [5, 5.41) is 9.64. The zero-order valence-corrected chi connectivity index (χ0v) is 27.1. The minimum absolute atomic E-state index is 0.153. The highest BCUT2D eigenvalue weighted by molar-refractivity contribution is 7.85. The Bertz CT molecular complexity index is 1860. The van der Waals surface area contributed by atoms with Crippen LogP contribution in [0.5, 0.6) is 23.0 Å². The number of rotatable bonds is 13. The molecule has 46 heavy (non-hydrogen) atoms. The molecular formula is C34H34ClN3O7S. The van der Waals surface area contributed by atoms with Crippen molar-refractivity contribution in [1.29, 1.82) is 5.26 Å². The van der Waals surface area contributed by atoms with Crippen LogP contribution in [0.2, 0.25) is 5.02 Å². The van der Waals surface area contributed by atoms with Crippen LogP contribution < -0.4 is 18.9 Å². The van der Waals surface area contributed by atoms with Crippen LogP contribution in [-0.2, 0) is 29.9 Å². The number of hydrogen-bond donors (Lipinski definition) is 1. The van der Waals surface area contributed by atoms with Crippen molar-refractivity contribution in [2.75, 3.05) is 32.6 Å². The summed E-state index contributed by atoms with van der Waals surface area (Å²) in [6.07, 6.45) is 3.37. The third kappa shape index (κ3) is 8.68. The zero-order chi connectivity index (χ0) is 32.7. The maximum absolute atomic E-state index is 11.2. The van der Waals surface area contributed by atoms with E-state index < -0.39 is 10.1 Å². The molecule has 0 atom stereocenters. The van der Waals surface area contributed by atoms with E-state index in [1.807, 2.05) is 49.2 Å². The number of aromatic nitrogens is 1. The van der Waals surface area contributed by atoms with E-state index >= 15 is 0 Å². The first kappa shape index (κ1) is 33.0. The Labute approximate surface area is 273 Å². The second kappa shape index (κ2) is 14.8. The highest BCUT2D eigenvalue weighted by Gasteiger charge is 2.17. The Morgan fingerprint density at radius 1 is 1.00 bits per heavy atom. The lowest BCUT2D eigenvalue weighted by Gasteiger charge is -2.21. The molecule has 1 aromatic heterocycles. The van der Waals surface area contributed by atoms with E-state index in [1.54, 1.807) is 24.4 Å². The van der Waals surface area contributed by atoms with Crippen LogP contribution in [-0.4, -0.2) is 55.4 Å². The quantitative estimate of drug-likeness (QED) is 0.164. The van der Waals surface area contributed by atoms with Gasteiger partial charge in [0.2, 0.25) is 0 Å². The summed E-state index contributed by atoms with van der Waals surface area (Å²) in [6, 6.07) is 19.3. The monoisotopic (exact) mass is 663 g/mol. The largest absolute Gasteiger partial charge is 0.488 e. The maximum atomic E-state index is 11.2. The second-order valence-electron chi connectivity index (χ2n) is 11.0. The third-order valence-electron chi connectivity index (χ3n) is 7.50. The fourth-order valence-corrected chi connectivity index (χ4v) is 5.87. The van der Waals surface area contributed by atoms with Gasteiger partial charge in [0.15, 0.2) is 11.5 Å². The molecule has 0 saturated heterocycles. The van der Waals surface area contributed by atoms with Gasteiger partial charge < -0.3 is 23.8 Å². The molecule has 0 spiro atoms. The van der Waals surface area contributed by atoms with Crippen LogP contribution >= 0.6 is 11.6 Å². The molecular weight excluding hydrogens is 630 g/mol. The van der Waals surface area contributed by atoms with E-state index in [0.29, 0.717) is 48.4 Å². The molecule has 4 aromatic rings. The molecule has 5 rings (SSSR count). The van der Waals surface area contributed by atoms with Gasteiger partial charge in [-0.25, -0.2) is 0 Å². The number of nitrogens with zero attached hydrogens (tertiary/aromatic N) is 3. The van der Waals surface area contributed by atoms with Crippen LogP contribution in [0.25, 0.3) is 11.1 Å². The van der Waals surface area contributed by atoms with Gasteiger partial charge in [0.05, 0.1) is 16.3 Å². The predicted octanol–water partition coefficient (Wildman–Crippen LogP) is 6.22. The standard InChI is InChI=1S/C34H34ClN3O7S/c1-23-27(5-3-6-29(23)26-7-8-31-34(15-26)43-11-10-42-31)22-45-33-16-32(44-21-25-13-24(17-36)18-37-19-25)28(14-30(33)35)20-38(2)9-4-12-46(39,40)41/h3,5-8,13-16,18-19H,4,9-12,20-22H2,1-2H3,(H,39,40,41). The van der Waals surface area contributed by atoms with Gasteiger partial charge in [-0.15, -0.1) is 0 Å². The van der Waals surface area contributed by atoms with Gasteiger partial charge >= 0.3 is 0 Å². The Kier molecular flexibility index (Phi) is 10.7. The fraction of sp³-hybridized carbons (Fsp3) is 0.294. The number of hydrogen-bond acceptors (Lipinski definition) is 9. The molecule has 1 N–H and O–H groups in total. The lowest BCUT2D eigenvalue weighted by atomic mass is 9.96. The molecule has 1 aliphatic rings. The molecule has 2 heterocycles. The molecule has 1 aliphatic heterocycles. The molecule has 0 unspecified atom stereocenters. The van der Waals surface area contributed by atoms with Crippen molar-refractivity contribution in [3.63, 3.8) is 0 Å². The third-order valence-corrected chi connectivity index (χ3v) is 8.60. The summed E-state index contributed by atoms with van der Waals surface area (Å²) in [5.74, 6) is 2.09. The van der Waals surface area contributed by atoms with Crippen LogP contribution in [0.3, 0.4) is 0 Å². The normalized spacial score (nSPS) is 12.5. The first-order valence-corrected chi connectivity index (χ1v) is 16.6. The lowest BCUT2D eigenvalue weighted by Crippen LogP contribution is -2.22. The van der Waals surface area contributed by atoms with E-state index in [0.717, 1.165) is 44.9 Å². The number of ether oxygens (including phenoxy) is 4. The van der Waals surface area contributed by atoms with E-state index in [2.05, 4.69) is 17.1 Å². The molecule has 0 amide bonds. The highest BCUT2D eigenvalue weighted by atomic mass is 35.5. The summed E-state index contributed by atoms with van der Waals surface area (Å²) in [7, 11) is -2.20. The maximum Gasteiger partial charge on any atom is 0.264 e. The lowest BCUT2D eigenvalue weighted by molar-refractivity contribution is 0.171. The predicted molar refractivity (Wildman–Crippen MR) is 174 cm³/mol. The molecule has 0 aliphatic carbocycles. The summed E-state index contributed by atoms with van der Waals surface area (Å²) in [4.78, 5) is 6.02. The smallest absolute Gasteiger partial charge is 0.264 e. The van der Waals surface area contributed by atoms with Crippen molar-refractivity contribution in [2.24, 2.45) is 0 Å². The topological polar surface area (TPSA) is 131 Å². The first-order valence-electron chi connectivity index (χ1n) is 14.6. The van der Waals surface area contributed by atoms with Crippen LogP contribution in [0.1, 0.15) is 34.2 Å². The summed E-state index contributed by atoms with van der Waals surface area (Å²) < 4.78 is 55.3. The van der Waals surface area contributed by atoms with Crippen molar-refractivity contribution in [1.82, 2.24) is 9.88 Å². The molecule has 0 fully saturated rings. The SMILES string of the molecule is Cc1c(COc2cc(OCc3cncc(C#N)c3)c(CN(C)CCCS(=O)(=O)O)cc2Cl)cccc1-c1ccc2c(c1)OCCO2. The highest BCUT2D eigenvalue weighted by Crippen LogP contribution is 2.37. The van der Waals surface area contributed by atoms with Crippen LogP contribution in [0.4, 0.5) is 0 Å². The van der Waals surface area contributed by atoms with Crippen molar-refractivity contribution >= 4 is 21.7 Å². The van der Waals surface area contributed by atoms with E-state index in [9.17, 15) is 13.7 Å². The molecule has 12 heteroatoms. The van der Waals surface area contributed by atoms with E-state index in [-0.39, 0.29) is 25.4 Å². The number of fused-ring (bicyclic) bond motifs is 1. The minimum atomic E-state index is -4.04. The fourth-order valence-electron chi connectivity index (χ4n) is 5.14. The Morgan fingerprint density at radius 3 is 2.57 bits per heavy atom. The molecule has 0 radical (unpaired) electrons. The summed E-state index contributed by atoms with van der Waals surface area (Å²) >= 11 is 6.72. The van der Waals surface area contributed by atoms with Gasteiger partial charge in [-0.1, -0.05) is 35.9 Å². The summed E-state index contributed by atoms with van der Waals surface area (Å²) in [5.41, 5.74) is 6.00. The zero-order valence-electron chi connectivity index (χ0n) is 25.5. The van der Waals surface area contributed by atoms with Crippen molar-refractivity contribution < 1.29 is 31.9 Å². The van der Waals surface area contributed by atoms with Gasteiger partial charge in [-0.3, -0.25) is 9.54 Å².